The van der Waals surface area contributed by atoms with Gasteiger partial charge in [0.25, 0.3) is 0 Å². The lowest BCUT2D eigenvalue weighted by Crippen LogP contribution is -2.42. The molecule has 2 rings (SSSR count). The van der Waals surface area contributed by atoms with Gasteiger partial charge in [0, 0.05) is 19.6 Å². The van der Waals surface area contributed by atoms with E-state index < -0.39 is 0 Å². The van der Waals surface area contributed by atoms with Crippen LogP contribution in [0.15, 0.2) is 29.3 Å². The largest absolute Gasteiger partial charge is 0.465 e. The molecule has 2 N–H and O–H groups in total. The Morgan fingerprint density at radius 1 is 1.15 bits per heavy atom. The Kier molecular flexibility index (Phi) is 11.3. The zero-order chi connectivity index (χ0) is 17.9. The molecule has 1 heterocycles. The van der Waals surface area contributed by atoms with Crippen LogP contribution in [0.4, 0.5) is 0 Å². The summed E-state index contributed by atoms with van der Waals surface area (Å²) in [5.41, 5.74) is 1.61. The van der Waals surface area contributed by atoms with Crippen LogP contribution in [0.1, 0.15) is 42.1 Å². The number of nitrogens with zero attached hydrogens (tertiary/aromatic N) is 2. The molecule has 146 valence electrons. The molecule has 1 aliphatic heterocycles. The van der Waals surface area contributed by atoms with Crippen molar-refractivity contribution in [2.75, 3.05) is 39.8 Å². The first-order valence-electron chi connectivity index (χ1n) is 9.14. The quantitative estimate of drug-likeness (QED) is 0.275. The standard InChI is InChI=1S/C19H30N4O2.HI/c1-3-20-19(21-11-14-23-12-5-4-6-13-23)22-15-16-7-9-17(10-8-16)18(24)25-2;/h7-10H,3-6,11-15H2,1-2H3,(H2,20,21,22);1H. The minimum atomic E-state index is -0.317. The number of ether oxygens (including phenoxy) is 1. The third kappa shape index (κ3) is 7.90. The van der Waals surface area contributed by atoms with Crippen molar-refractivity contribution < 1.29 is 9.53 Å². The molecule has 0 bridgehead atoms. The number of halogens is 1. The van der Waals surface area contributed by atoms with Gasteiger partial charge in [-0.15, -0.1) is 24.0 Å². The number of likely N-dealkylation sites (tertiary alicyclic amines) is 1. The number of carbonyl (C=O) groups excluding carboxylic acids is 1. The summed E-state index contributed by atoms with van der Waals surface area (Å²) in [6.07, 6.45) is 3.99. The van der Waals surface area contributed by atoms with E-state index in [0.717, 1.165) is 31.2 Å². The summed E-state index contributed by atoms with van der Waals surface area (Å²) in [6, 6.07) is 7.36. The predicted octanol–water partition coefficient (Wildman–Crippen LogP) is 2.63. The number of aliphatic imine (C=N–C) groups is 1. The van der Waals surface area contributed by atoms with Crippen LogP contribution in [0.2, 0.25) is 0 Å². The average Bonchev–Trinajstić information content (AvgIpc) is 2.66. The number of rotatable bonds is 7. The van der Waals surface area contributed by atoms with E-state index in [2.05, 4.69) is 27.4 Å². The van der Waals surface area contributed by atoms with Gasteiger partial charge < -0.3 is 20.3 Å². The van der Waals surface area contributed by atoms with E-state index in [1.165, 1.54) is 39.5 Å². The van der Waals surface area contributed by atoms with Gasteiger partial charge in [-0.05, 0) is 50.6 Å². The average molecular weight is 474 g/mol. The Labute approximate surface area is 173 Å². The van der Waals surface area contributed by atoms with Crippen LogP contribution in [0, 0.1) is 0 Å². The van der Waals surface area contributed by atoms with Gasteiger partial charge in [-0.2, -0.15) is 0 Å². The van der Waals surface area contributed by atoms with Gasteiger partial charge in [0.15, 0.2) is 5.96 Å². The molecule has 0 aliphatic carbocycles. The summed E-state index contributed by atoms with van der Waals surface area (Å²) in [5, 5.41) is 6.68. The molecule has 0 spiro atoms. The Balaban J connectivity index is 0.00000338. The fraction of sp³-hybridized carbons (Fsp3) is 0.579. The molecule has 6 nitrogen and oxygen atoms in total. The van der Waals surface area contributed by atoms with E-state index in [9.17, 15) is 4.79 Å². The number of methoxy groups -OCH3 is 1. The van der Waals surface area contributed by atoms with Gasteiger partial charge in [-0.25, -0.2) is 9.79 Å². The Bertz CT molecular complexity index is 557. The smallest absolute Gasteiger partial charge is 0.337 e. The van der Waals surface area contributed by atoms with Crippen LogP contribution in [0.3, 0.4) is 0 Å². The molecular weight excluding hydrogens is 443 g/mol. The van der Waals surface area contributed by atoms with Crippen LogP contribution in [0.25, 0.3) is 0 Å². The SMILES string of the molecule is CCNC(=NCc1ccc(C(=O)OC)cc1)NCCN1CCCCC1.I. The summed E-state index contributed by atoms with van der Waals surface area (Å²) in [7, 11) is 1.39. The van der Waals surface area contributed by atoms with Crippen LogP contribution < -0.4 is 10.6 Å². The third-order valence-corrected chi connectivity index (χ3v) is 4.31. The van der Waals surface area contributed by atoms with Crippen LogP contribution in [0.5, 0.6) is 0 Å². The number of hydrogen-bond donors (Lipinski definition) is 2. The lowest BCUT2D eigenvalue weighted by molar-refractivity contribution is 0.0600. The van der Waals surface area contributed by atoms with E-state index in [0.29, 0.717) is 12.1 Å². The zero-order valence-electron chi connectivity index (χ0n) is 15.8. The van der Waals surface area contributed by atoms with Crippen molar-refractivity contribution in [3.63, 3.8) is 0 Å². The summed E-state index contributed by atoms with van der Waals surface area (Å²) >= 11 is 0. The lowest BCUT2D eigenvalue weighted by atomic mass is 10.1. The van der Waals surface area contributed by atoms with Crippen LogP contribution in [-0.4, -0.2) is 56.7 Å². The Morgan fingerprint density at radius 3 is 2.46 bits per heavy atom. The second kappa shape index (κ2) is 12.9. The van der Waals surface area contributed by atoms with Crippen LogP contribution >= 0.6 is 24.0 Å². The maximum Gasteiger partial charge on any atom is 0.337 e. The van der Waals surface area contributed by atoms with Gasteiger partial charge in [0.1, 0.15) is 0 Å². The van der Waals surface area contributed by atoms with Gasteiger partial charge >= 0.3 is 5.97 Å². The van der Waals surface area contributed by atoms with Crippen molar-refractivity contribution in [2.45, 2.75) is 32.7 Å². The summed E-state index contributed by atoms with van der Waals surface area (Å²) in [5.74, 6) is 0.513. The molecular formula is C19H31IN4O2. The topological polar surface area (TPSA) is 66.0 Å². The number of piperidine rings is 1. The minimum absolute atomic E-state index is 0. The fourth-order valence-corrected chi connectivity index (χ4v) is 2.89. The van der Waals surface area contributed by atoms with Gasteiger partial charge in [-0.3, -0.25) is 0 Å². The molecule has 7 heteroatoms. The van der Waals surface area contributed by atoms with Gasteiger partial charge in [0.05, 0.1) is 19.2 Å². The highest BCUT2D eigenvalue weighted by Crippen LogP contribution is 2.08. The highest BCUT2D eigenvalue weighted by atomic mass is 127. The second-order valence-corrected chi connectivity index (χ2v) is 6.21. The summed E-state index contributed by atoms with van der Waals surface area (Å²) < 4.78 is 4.71. The predicted molar refractivity (Wildman–Crippen MR) is 116 cm³/mol. The maximum absolute atomic E-state index is 11.5. The maximum atomic E-state index is 11.5. The van der Waals surface area contributed by atoms with E-state index >= 15 is 0 Å². The van der Waals surface area contributed by atoms with Crippen molar-refractivity contribution >= 4 is 35.9 Å². The number of benzene rings is 1. The molecule has 0 amide bonds. The number of hydrogen-bond acceptors (Lipinski definition) is 4. The molecule has 1 aliphatic rings. The van der Waals surface area contributed by atoms with Crippen molar-refractivity contribution in [3.8, 4) is 0 Å². The highest BCUT2D eigenvalue weighted by molar-refractivity contribution is 14.0. The zero-order valence-corrected chi connectivity index (χ0v) is 18.1. The molecule has 1 aromatic carbocycles. The number of carbonyl (C=O) groups is 1. The van der Waals surface area contributed by atoms with Crippen LogP contribution in [-0.2, 0) is 11.3 Å². The van der Waals surface area contributed by atoms with E-state index in [1.54, 1.807) is 12.1 Å². The molecule has 0 atom stereocenters. The lowest BCUT2D eigenvalue weighted by Gasteiger charge is -2.26. The normalized spacial score (nSPS) is 15.1. The number of esters is 1. The van der Waals surface area contributed by atoms with Gasteiger partial charge in [-0.1, -0.05) is 18.6 Å². The first-order chi connectivity index (χ1) is 12.2. The van der Waals surface area contributed by atoms with Crippen molar-refractivity contribution in [3.05, 3.63) is 35.4 Å². The Hall–Kier alpha value is -1.35. The monoisotopic (exact) mass is 474 g/mol. The van der Waals surface area contributed by atoms with E-state index in [1.807, 2.05) is 12.1 Å². The molecule has 1 saturated heterocycles. The second-order valence-electron chi connectivity index (χ2n) is 6.21. The number of guanidine groups is 1. The minimum Gasteiger partial charge on any atom is -0.465 e. The summed E-state index contributed by atoms with van der Waals surface area (Å²) in [6.45, 7) is 7.83. The van der Waals surface area contributed by atoms with Crippen molar-refractivity contribution in [2.24, 2.45) is 4.99 Å². The third-order valence-electron chi connectivity index (χ3n) is 4.31. The van der Waals surface area contributed by atoms with Crippen molar-refractivity contribution in [1.29, 1.82) is 0 Å². The first-order valence-corrected chi connectivity index (χ1v) is 9.14. The molecule has 1 fully saturated rings. The van der Waals surface area contributed by atoms with E-state index in [-0.39, 0.29) is 29.9 Å². The first kappa shape index (κ1) is 22.7. The van der Waals surface area contributed by atoms with Crippen molar-refractivity contribution in [1.82, 2.24) is 15.5 Å². The highest BCUT2D eigenvalue weighted by Gasteiger charge is 2.09. The molecule has 0 radical (unpaired) electrons. The molecule has 0 unspecified atom stereocenters. The molecule has 1 aromatic rings. The van der Waals surface area contributed by atoms with E-state index in [4.69, 9.17) is 4.74 Å². The molecule has 26 heavy (non-hydrogen) atoms. The Morgan fingerprint density at radius 2 is 1.85 bits per heavy atom. The fourth-order valence-electron chi connectivity index (χ4n) is 2.89. The molecule has 0 aromatic heterocycles. The van der Waals surface area contributed by atoms with Gasteiger partial charge in [0.2, 0.25) is 0 Å². The summed E-state index contributed by atoms with van der Waals surface area (Å²) in [4.78, 5) is 18.6. The molecule has 0 saturated carbocycles. The number of nitrogens with one attached hydrogen (secondary N) is 2.